The van der Waals surface area contributed by atoms with Crippen molar-refractivity contribution in [3.05, 3.63) is 29.3 Å². The minimum Gasteiger partial charge on any atom is -0.494 e. The van der Waals surface area contributed by atoms with Crippen molar-refractivity contribution < 1.29 is 13.5 Å². The molecule has 0 amide bonds. The van der Waals surface area contributed by atoms with Gasteiger partial charge in [0.25, 0.3) is 0 Å². The van der Waals surface area contributed by atoms with E-state index in [1.54, 1.807) is 12.1 Å². The van der Waals surface area contributed by atoms with Crippen LogP contribution in [-0.2, 0) is 6.42 Å². The standard InChI is InChI=1S/C21H30F2O/c1-14-3-7-16(8-4-14)17-9-5-15(6-10-17)13-18-11-12-19(24-2)21(23)20(18)22/h11-12,14-17H,3-10,13H2,1-2H3. The zero-order valence-corrected chi connectivity index (χ0v) is 15.0. The lowest BCUT2D eigenvalue weighted by atomic mass is 9.69. The molecule has 0 spiro atoms. The van der Waals surface area contributed by atoms with Crippen molar-refractivity contribution in [3.63, 3.8) is 0 Å². The molecule has 1 nitrogen and oxygen atoms in total. The van der Waals surface area contributed by atoms with E-state index in [9.17, 15) is 8.78 Å². The maximum absolute atomic E-state index is 14.2. The molecule has 0 radical (unpaired) electrons. The van der Waals surface area contributed by atoms with E-state index in [0.717, 1.165) is 30.6 Å². The Labute approximate surface area is 144 Å². The Kier molecular flexibility index (Phi) is 5.78. The molecule has 2 fully saturated rings. The summed E-state index contributed by atoms with van der Waals surface area (Å²) in [4.78, 5) is 0. The van der Waals surface area contributed by atoms with E-state index in [4.69, 9.17) is 4.74 Å². The second-order valence-corrected chi connectivity index (χ2v) is 8.06. The van der Waals surface area contributed by atoms with Gasteiger partial charge in [-0.05, 0) is 80.2 Å². The van der Waals surface area contributed by atoms with Gasteiger partial charge in [0, 0.05) is 0 Å². The van der Waals surface area contributed by atoms with E-state index in [2.05, 4.69) is 6.92 Å². The minimum absolute atomic E-state index is 0.00788. The first-order chi connectivity index (χ1) is 11.6. The first-order valence-electron chi connectivity index (χ1n) is 9.59. The molecule has 1 aromatic rings. The smallest absolute Gasteiger partial charge is 0.200 e. The molecule has 3 rings (SSSR count). The van der Waals surface area contributed by atoms with Crippen LogP contribution in [0.5, 0.6) is 5.75 Å². The van der Waals surface area contributed by atoms with Crippen LogP contribution in [0, 0.1) is 35.3 Å². The first-order valence-corrected chi connectivity index (χ1v) is 9.59. The maximum Gasteiger partial charge on any atom is 0.200 e. The topological polar surface area (TPSA) is 9.23 Å². The highest BCUT2D eigenvalue weighted by Crippen LogP contribution is 2.42. The van der Waals surface area contributed by atoms with Gasteiger partial charge in [0.15, 0.2) is 11.6 Å². The van der Waals surface area contributed by atoms with Gasteiger partial charge in [-0.15, -0.1) is 0 Å². The molecule has 0 saturated heterocycles. The third kappa shape index (κ3) is 3.92. The summed E-state index contributed by atoms with van der Waals surface area (Å²) in [5.41, 5.74) is 0.503. The van der Waals surface area contributed by atoms with Gasteiger partial charge in [-0.1, -0.05) is 25.8 Å². The molecule has 0 bridgehead atoms. The van der Waals surface area contributed by atoms with E-state index in [0.29, 0.717) is 17.9 Å². The summed E-state index contributed by atoms with van der Waals surface area (Å²) in [5.74, 6) is 1.60. The molecule has 0 unspecified atom stereocenters. The minimum atomic E-state index is -0.847. The van der Waals surface area contributed by atoms with Crippen molar-refractivity contribution >= 4 is 0 Å². The van der Waals surface area contributed by atoms with Crippen LogP contribution < -0.4 is 4.74 Å². The molecule has 24 heavy (non-hydrogen) atoms. The van der Waals surface area contributed by atoms with Crippen molar-refractivity contribution in [2.75, 3.05) is 7.11 Å². The van der Waals surface area contributed by atoms with Crippen molar-refractivity contribution in [2.45, 2.75) is 64.7 Å². The molecule has 0 aliphatic heterocycles. The predicted octanol–water partition coefficient (Wildman–Crippen LogP) is 6.15. The van der Waals surface area contributed by atoms with Crippen LogP contribution in [0.25, 0.3) is 0 Å². The Hall–Kier alpha value is -1.12. The molecule has 0 N–H and O–H groups in total. The van der Waals surface area contributed by atoms with Gasteiger partial charge >= 0.3 is 0 Å². The van der Waals surface area contributed by atoms with Crippen LogP contribution >= 0.6 is 0 Å². The van der Waals surface area contributed by atoms with Gasteiger partial charge in [0.1, 0.15) is 0 Å². The van der Waals surface area contributed by atoms with Gasteiger partial charge < -0.3 is 4.74 Å². The Morgan fingerprint density at radius 3 is 2.04 bits per heavy atom. The van der Waals surface area contributed by atoms with Crippen molar-refractivity contribution in [1.82, 2.24) is 0 Å². The SMILES string of the molecule is COc1ccc(CC2CCC(C3CCC(C)CC3)CC2)c(F)c1F. The molecule has 0 aromatic heterocycles. The quantitative estimate of drug-likeness (QED) is 0.641. The van der Waals surface area contributed by atoms with Crippen LogP contribution in [0.2, 0.25) is 0 Å². The maximum atomic E-state index is 14.2. The number of benzene rings is 1. The summed E-state index contributed by atoms with van der Waals surface area (Å²) in [7, 11) is 1.37. The highest BCUT2D eigenvalue weighted by atomic mass is 19.2. The second-order valence-electron chi connectivity index (χ2n) is 8.06. The highest BCUT2D eigenvalue weighted by Gasteiger charge is 2.30. The molecule has 0 heterocycles. The average molecular weight is 336 g/mol. The number of hydrogen-bond donors (Lipinski definition) is 0. The van der Waals surface area contributed by atoms with Gasteiger partial charge in [-0.2, -0.15) is 4.39 Å². The zero-order valence-electron chi connectivity index (χ0n) is 15.0. The molecule has 2 aliphatic carbocycles. The average Bonchev–Trinajstić information content (AvgIpc) is 2.61. The van der Waals surface area contributed by atoms with E-state index in [1.807, 2.05) is 0 Å². The highest BCUT2D eigenvalue weighted by molar-refractivity contribution is 5.31. The lowest BCUT2D eigenvalue weighted by Gasteiger charge is -2.37. The summed E-state index contributed by atoms with van der Waals surface area (Å²) in [5, 5.41) is 0. The fraction of sp³-hybridized carbons (Fsp3) is 0.714. The largest absolute Gasteiger partial charge is 0.494 e. The Morgan fingerprint density at radius 2 is 1.46 bits per heavy atom. The summed E-state index contributed by atoms with van der Waals surface area (Å²) in [6.45, 7) is 2.37. The zero-order chi connectivity index (χ0) is 17.1. The molecule has 0 atom stereocenters. The van der Waals surface area contributed by atoms with E-state index >= 15 is 0 Å². The molecular weight excluding hydrogens is 306 g/mol. The Morgan fingerprint density at radius 1 is 0.875 bits per heavy atom. The number of hydrogen-bond acceptors (Lipinski definition) is 1. The van der Waals surface area contributed by atoms with Crippen LogP contribution in [0.15, 0.2) is 12.1 Å². The normalized spacial score (nSPS) is 31.0. The monoisotopic (exact) mass is 336 g/mol. The van der Waals surface area contributed by atoms with Gasteiger partial charge in [0.05, 0.1) is 7.11 Å². The van der Waals surface area contributed by atoms with Crippen LogP contribution in [0.3, 0.4) is 0 Å². The van der Waals surface area contributed by atoms with Gasteiger partial charge in [-0.25, -0.2) is 4.39 Å². The van der Waals surface area contributed by atoms with Gasteiger partial charge in [-0.3, -0.25) is 0 Å². The fourth-order valence-corrected chi connectivity index (χ4v) is 4.82. The summed E-state index contributed by atoms with van der Waals surface area (Å²) in [6.07, 6.45) is 11.1. The van der Waals surface area contributed by atoms with Crippen molar-refractivity contribution in [2.24, 2.45) is 23.7 Å². The molecule has 2 saturated carbocycles. The van der Waals surface area contributed by atoms with Crippen molar-refractivity contribution in [1.29, 1.82) is 0 Å². The molecule has 134 valence electrons. The van der Waals surface area contributed by atoms with Crippen LogP contribution in [0.4, 0.5) is 8.78 Å². The first kappa shape index (κ1) is 17.7. The summed E-state index contributed by atoms with van der Waals surface area (Å²) in [6, 6.07) is 3.23. The van der Waals surface area contributed by atoms with Gasteiger partial charge in [0.2, 0.25) is 5.82 Å². The lowest BCUT2D eigenvalue weighted by molar-refractivity contribution is 0.150. The Balaban J connectivity index is 1.53. The molecule has 3 heteroatoms. The van der Waals surface area contributed by atoms with E-state index in [1.165, 1.54) is 45.6 Å². The van der Waals surface area contributed by atoms with E-state index < -0.39 is 11.6 Å². The van der Waals surface area contributed by atoms with Crippen LogP contribution in [0.1, 0.15) is 63.9 Å². The Bertz CT molecular complexity index is 541. The summed E-state index contributed by atoms with van der Waals surface area (Å²) >= 11 is 0. The summed E-state index contributed by atoms with van der Waals surface area (Å²) < 4.78 is 32.9. The molecule has 1 aromatic carbocycles. The third-order valence-electron chi connectivity index (χ3n) is 6.47. The number of methoxy groups -OCH3 is 1. The predicted molar refractivity (Wildman–Crippen MR) is 93.2 cm³/mol. The lowest BCUT2D eigenvalue weighted by Crippen LogP contribution is -2.26. The number of halogens is 2. The van der Waals surface area contributed by atoms with Crippen molar-refractivity contribution in [3.8, 4) is 5.75 Å². The molecular formula is C21H30F2O. The fourth-order valence-electron chi connectivity index (χ4n) is 4.82. The van der Waals surface area contributed by atoms with Crippen LogP contribution in [-0.4, -0.2) is 7.11 Å². The number of rotatable bonds is 4. The molecule has 2 aliphatic rings. The number of ether oxygens (including phenoxy) is 1. The third-order valence-corrected chi connectivity index (χ3v) is 6.47. The van der Waals surface area contributed by atoms with E-state index in [-0.39, 0.29) is 5.75 Å². The second kappa shape index (κ2) is 7.84.